The van der Waals surface area contributed by atoms with Gasteiger partial charge < -0.3 is 10.1 Å². The molecule has 1 aromatic carbocycles. The van der Waals surface area contributed by atoms with Crippen LogP contribution in [0.15, 0.2) is 36.5 Å². The lowest BCUT2D eigenvalue weighted by atomic mass is 10.1. The molecule has 0 amide bonds. The molecule has 2 aromatic rings. The normalized spacial score (nSPS) is 10.2. The predicted molar refractivity (Wildman–Crippen MR) is 74.0 cm³/mol. The van der Waals surface area contributed by atoms with E-state index in [0.717, 1.165) is 17.3 Å². The average molecular weight is 274 g/mol. The Morgan fingerprint density at radius 3 is 2.80 bits per heavy atom. The average Bonchev–Trinajstić information content (AvgIpc) is 2.46. The van der Waals surface area contributed by atoms with Crippen LogP contribution in [0.25, 0.3) is 0 Å². The first-order valence-electron chi connectivity index (χ1n) is 6.13. The van der Waals surface area contributed by atoms with Crippen LogP contribution in [0.4, 0.5) is 10.1 Å². The van der Waals surface area contributed by atoms with Crippen molar-refractivity contribution >= 4 is 11.7 Å². The Hall–Kier alpha value is -2.43. The Balaban J connectivity index is 2.16. The first kappa shape index (κ1) is 14.0. The summed E-state index contributed by atoms with van der Waals surface area (Å²) >= 11 is 0. The molecule has 0 bridgehead atoms. The van der Waals surface area contributed by atoms with Crippen LogP contribution in [0, 0.1) is 12.7 Å². The molecule has 0 saturated heterocycles. The first-order valence-corrected chi connectivity index (χ1v) is 6.13. The Labute approximate surface area is 116 Å². The monoisotopic (exact) mass is 274 g/mol. The fraction of sp³-hybridized carbons (Fsp3) is 0.200. The smallest absolute Gasteiger partial charge is 0.340 e. The third kappa shape index (κ3) is 3.32. The van der Waals surface area contributed by atoms with Crippen molar-refractivity contribution < 1.29 is 13.9 Å². The largest absolute Gasteiger partial charge is 0.465 e. The van der Waals surface area contributed by atoms with E-state index in [9.17, 15) is 9.18 Å². The molecule has 1 N–H and O–H groups in total. The molecule has 104 valence electrons. The van der Waals surface area contributed by atoms with E-state index < -0.39 is 11.8 Å². The number of anilines is 1. The van der Waals surface area contributed by atoms with Gasteiger partial charge in [-0.2, -0.15) is 0 Å². The highest BCUT2D eigenvalue weighted by Gasteiger charge is 2.12. The van der Waals surface area contributed by atoms with E-state index in [1.807, 2.05) is 19.1 Å². The zero-order chi connectivity index (χ0) is 14.5. The summed E-state index contributed by atoms with van der Waals surface area (Å²) in [7, 11) is 1.26. The molecule has 0 aliphatic heterocycles. The standard InChI is InChI=1S/C15H15FN2O2/c1-10-3-4-11(8-17-10)9-18-14-6-5-12(16)7-13(14)15(19)20-2/h3-8,18H,9H2,1-2H3. The maximum atomic E-state index is 13.2. The number of esters is 1. The van der Waals surface area contributed by atoms with E-state index in [1.165, 1.54) is 19.2 Å². The number of methoxy groups -OCH3 is 1. The number of aromatic nitrogens is 1. The highest BCUT2D eigenvalue weighted by molar-refractivity contribution is 5.95. The molecule has 0 fully saturated rings. The van der Waals surface area contributed by atoms with Gasteiger partial charge in [-0.05, 0) is 36.8 Å². The molecule has 5 heteroatoms. The zero-order valence-electron chi connectivity index (χ0n) is 11.3. The van der Waals surface area contributed by atoms with Gasteiger partial charge in [-0.25, -0.2) is 9.18 Å². The fourth-order valence-electron chi connectivity index (χ4n) is 1.75. The topological polar surface area (TPSA) is 51.2 Å². The summed E-state index contributed by atoms with van der Waals surface area (Å²) < 4.78 is 17.8. The minimum Gasteiger partial charge on any atom is -0.465 e. The van der Waals surface area contributed by atoms with Crippen molar-refractivity contribution in [1.29, 1.82) is 0 Å². The van der Waals surface area contributed by atoms with Crippen molar-refractivity contribution in [3.05, 3.63) is 59.2 Å². The lowest BCUT2D eigenvalue weighted by Crippen LogP contribution is -2.09. The molecule has 0 atom stereocenters. The zero-order valence-corrected chi connectivity index (χ0v) is 11.3. The van der Waals surface area contributed by atoms with Crippen LogP contribution >= 0.6 is 0 Å². The number of aryl methyl sites for hydroxylation is 1. The number of nitrogens with zero attached hydrogens (tertiary/aromatic N) is 1. The second-order valence-electron chi connectivity index (χ2n) is 4.34. The highest BCUT2D eigenvalue weighted by atomic mass is 19.1. The van der Waals surface area contributed by atoms with E-state index in [0.29, 0.717) is 12.2 Å². The van der Waals surface area contributed by atoms with E-state index in [2.05, 4.69) is 15.0 Å². The fourth-order valence-corrected chi connectivity index (χ4v) is 1.75. The van der Waals surface area contributed by atoms with Gasteiger partial charge in [-0.3, -0.25) is 4.98 Å². The summed E-state index contributed by atoms with van der Waals surface area (Å²) in [6.45, 7) is 2.40. The number of rotatable bonds is 4. The minimum absolute atomic E-state index is 0.174. The van der Waals surface area contributed by atoms with E-state index >= 15 is 0 Å². The summed E-state index contributed by atoms with van der Waals surface area (Å²) in [4.78, 5) is 15.8. The summed E-state index contributed by atoms with van der Waals surface area (Å²) in [6.07, 6.45) is 1.75. The van der Waals surface area contributed by atoms with Gasteiger partial charge in [0.25, 0.3) is 0 Å². The predicted octanol–water partition coefficient (Wildman–Crippen LogP) is 2.93. The number of carbonyl (C=O) groups is 1. The number of pyridine rings is 1. The number of nitrogens with one attached hydrogen (secondary N) is 1. The number of carbonyl (C=O) groups excluding carboxylic acids is 1. The van der Waals surface area contributed by atoms with Crippen molar-refractivity contribution in [2.24, 2.45) is 0 Å². The summed E-state index contributed by atoms with van der Waals surface area (Å²) in [5.74, 6) is -1.05. The second kappa shape index (κ2) is 6.14. The Bertz CT molecular complexity index is 612. The maximum absolute atomic E-state index is 13.2. The van der Waals surface area contributed by atoms with E-state index in [1.54, 1.807) is 6.20 Å². The lowest BCUT2D eigenvalue weighted by Gasteiger charge is -2.11. The summed E-state index contributed by atoms with van der Waals surface area (Å²) in [5.41, 5.74) is 2.60. The molecule has 0 radical (unpaired) electrons. The molecule has 1 heterocycles. The molecule has 0 aliphatic rings. The lowest BCUT2D eigenvalue weighted by molar-refractivity contribution is 0.0601. The van der Waals surface area contributed by atoms with Crippen molar-refractivity contribution in [2.45, 2.75) is 13.5 Å². The molecule has 0 spiro atoms. The summed E-state index contributed by atoms with van der Waals surface area (Å²) in [6, 6.07) is 7.81. The van der Waals surface area contributed by atoms with Gasteiger partial charge in [-0.1, -0.05) is 6.07 Å². The molecule has 0 unspecified atom stereocenters. The van der Waals surface area contributed by atoms with Crippen LogP contribution in [0.3, 0.4) is 0 Å². The van der Waals surface area contributed by atoms with Crippen molar-refractivity contribution in [3.8, 4) is 0 Å². The maximum Gasteiger partial charge on any atom is 0.340 e. The van der Waals surface area contributed by atoms with Gasteiger partial charge in [0, 0.05) is 24.1 Å². The molecule has 4 nitrogen and oxygen atoms in total. The van der Waals surface area contributed by atoms with Gasteiger partial charge in [0.15, 0.2) is 0 Å². The van der Waals surface area contributed by atoms with Crippen molar-refractivity contribution in [2.75, 3.05) is 12.4 Å². The third-order valence-corrected chi connectivity index (χ3v) is 2.84. The molecule has 0 saturated carbocycles. The van der Waals surface area contributed by atoms with Gasteiger partial charge in [0.1, 0.15) is 5.82 Å². The van der Waals surface area contributed by atoms with Crippen LogP contribution in [0.5, 0.6) is 0 Å². The van der Waals surface area contributed by atoms with Gasteiger partial charge in [-0.15, -0.1) is 0 Å². The van der Waals surface area contributed by atoms with Crippen LogP contribution in [-0.4, -0.2) is 18.1 Å². The van der Waals surface area contributed by atoms with Crippen LogP contribution < -0.4 is 5.32 Å². The second-order valence-corrected chi connectivity index (χ2v) is 4.34. The number of benzene rings is 1. The molecule has 20 heavy (non-hydrogen) atoms. The number of hydrogen-bond acceptors (Lipinski definition) is 4. The number of hydrogen-bond donors (Lipinski definition) is 1. The SMILES string of the molecule is COC(=O)c1cc(F)ccc1NCc1ccc(C)nc1. The van der Waals surface area contributed by atoms with Gasteiger partial charge in [0.05, 0.1) is 12.7 Å². The minimum atomic E-state index is -0.575. The molecule has 0 aliphatic carbocycles. The molecule has 2 rings (SSSR count). The molecular weight excluding hydrogens is 259 g/mol. The van der Waals surface area contributed by atoms with Gasteiger partial charge >= 0.3 is 5.97 Å². The Kier molecular flexibility index (Phi) is 4.30. The van der Waals surface area contributed by atoms with Crippen molar-refractivity contribution in [1.82, 2.24) is 4.98 Å². The van der Waals surface area contributed by atoms with Crippen LogP contribution in [0.1, 0.15) is 21.6 Å². The van der Waals surface area contributed by atoms with Crippen LogP contribution in [-0.2, 0) is 11.3 Å². The van der Waals surface area contributed by atoms with E-state index in [4.69, 9.17) is 0 Å². The summed E-state index contributed by atoms with van der Waals surface area (Å²) in [5, 5.41) is 3.08. The highest BCUT2D eigenvalue weighted by Crippen LogP contribution is 2.19. The van der Waals surface area contributed by atoms with Crippen molar-refractivity contribution in [3.63, 3.8) is 0 Å². The first-order chi connectivity index (χ1) is 9.60. The Morgan fingerprint density at radius 2 is 2.15 bits per heavy atom. The quantitative estimate of drug-likeness (QED) is 0.871. The van der Waals surface area contributed by atoms with Crippen LogP contribution in [0.2, 0.25) is 0 Å². The van der Waals surface area contributed by atoms with Gasteiger partial charge in [0.2, 0.25) is 0 Å². The third-order valence-electron chi connectivity index (χ3n) is 2.84. The molecular formula is C15H15FN2O2. The number of ether oxygens (including phenoxy) is 1. The van der Waals surface area contributed by atoms with E-state index in [-0.39, 0.29) is 5.56 Å². The Morgan fingerprint density at radius 1 is 1.35 bits per heavy atom. The number of halogens is 1. The molecule has 1 aromatic heterocycles.